The lowest BCUT2D eigenvalue weighted by Gasteiger charge is -2.05. The summed E-state index contributed by atoms with van der Waals surface area (Å²) in [7, 11) is 0. The standard InChI is InChI=1S/C7H9Cl2N3O/c1-2-3-12-7(13)5(9)4(8)6(10)11-12/h2-3H2,1H3,(H2,10,11). The van der Waals surface area contributed by atoms with E-state index in [9.17, 15) is 4.79 Å². The van der Waals surface area contributed by atoms with Gasteiger partial charge in [0.2, 0.25) is 0 Å². The van der Waals surface area contributed by atoms with Crippen molar-refractivity contribution in [3.8, 4) is 0 Å². The van der Waals surface area contributed by atoms with Gasteiger partial charge in [-0.15, -0.1) is 0 Å². The van der Waals surface area contributed by atoms with Gasteiger partial charge in [-0.2, -0.15) is 5.10 Å². The first-order chi connectivity index (χ1) is 6.07. The fourth-order valence-corrected chi connectivity index (χ4v) is 1.22. The van der Waals surface area contributed by atoms with Crippen LogP contribution in [0.2, 0.25) is 10.0 Å². The molecule has 2 N–H and O–H groups in total. The van der Waals surface area contributed by atoms with Gasteiger partial charge in [-0.05, 0) is 6.42 Å². The molecule has 4 nitrogen and oxygen atoms in total. The Labute approximate surface area is 85.3 Å². The van der Waals surface area contributed by atoms with E-state index in [4.69, 9.17) is 28.9 Å². The van der Waals surface area contributed by atoms with Crippen molar-refractivity contribution in [1.82, 2.24) is 9.78 Å². The molecule has 0 saturated heterocycles. The van der Waals surface area contributed by atoms with E-state index in [1.807, 2.05) is 6.92 Å². The average molecular weight is 222 g/mol. The normalized spacial score (nSPS) is 10.4. The molecule has 0 aliphatic carbocycles. The maximum Gasteiger partial charge on any atom is 0.287 e. The second-order valence-electron chi connectivity index (χ2n) is 2.54. The Morgan fingerprint density at radius 2 is 2.08 bits per heavy atom. The fourth-order valence-electron chi connectivity index (χ4n) is 0.902. The maximum absolute atomic E-state index is 11.4. The lowest BCUT2D eigenvalue weighted by molar-refractivity contribution is 0.572. The predicted molar refractivity (Wildman–Crippen MR) is 53.2 cm³/mol. The maximum atomic E-state index is 11.4. The quantitative estimate of drug-likeness (QED) is 0.825. The van der Waals surface area contributed by atoms with E-state index < -0.39 is 5.56 Å². The lowest BCUT2D eigenvalue weighted by atomic mass is 10.4. The van der Waals surface area contributed by atoms with Crippen LogP contribution in [0.15, 0.2) is 4.79 Å². The lowest BCUT2D eigenvalue weighted by Crippen LogP contribution is -2.24. The summed E-state index contributed by atoms with van der Waals surface area (Å²) in [6.07, 6.45) is 0.782. The second kappa shape index (κ2) is 3.98. The van der Waals surface area contributed by atoms with Crippen molar-refractivity contribution in [2.45, 2.75) is 19.9 Å². The molecule has 1 heterocycles. The highest BCUT2D eigenvalue weighted by Crippen LogP contribution is 2.21. The topological polar surface area (TPSA) is 60.9 Å². The summed E-state index contributed by atoms with van der Waals surface area (Å²) in [6, 6.07) is 0. The van der Waals surface area contributed by atoms with E-state index in [1.165, 1.54) is 4.68 Å². The van der Waals surface area contributed by atoms with Crippen molar-refractivity contribution in [2.75, 3.05) is 5.73 Å². The third-order valence-electron chi connectivity index (χ3n) is 1.50. The van der Waals surface area contributed by atoms with Crippen LogP contribution in [0, 0.1) is 0 Å². The first-order valence-corrected chi connectivity index (χ1v) is 4.55. The molecule has 0 aromatic carbocycles. The molecule has 0 fully saturated rings. The van der Waals surface area contributed by atoms with E-state index in [2.05, 4.69) is 5.10 Å². The molecule has 0 unspecified atom stereocenters. The fraction of sp³-hybridized carbons (Fsp3) is 0.429. The largest absolute Gasteiger partial charge is 0.381 e. The molecular weight excluding hydrogens is 213 g/mol. The van der Waals surface area contributed by atoms with Crippen LogP contribution in [0.25, 0.3) is 0 Å². The smallest absolute Gasteiger partial charge is 0.287 e. The molecule has 0 atom stereocenters. The molecule has 0 radical (unpaired) electrons. The van der Waals surface area contributed by atoms with Gasteiger partial charge in [0.15, 0.2) is 5.82 Å². The van der Waals surface area contributed by atoms with E-state index in [0.29, 0.717) is 6.54 Å². The van der Waals surface area contributed by atoms with Gasteiger partial charge < -0.3 is 5.73 Å². The predicted octanol–water partition coefficient (Wildman–Crippen LogP) is 1.54. The van der Waals surface area contributed by atoms with Crippen LogP contribution in [-0.4, -0.2) is 9.78 Å². The second-order valence-corrected chi connectivity index (χ2v) is 3.30. The van der Waals surface area contributed by atoms with Gasteiger partial charge >= 0.3 is 0 Å². The molecule has 13 heavy (non-hydrogen) atoms. The number of aromatic nitrogens is 2. The summed E-state index contributed by atoms with van der Waals surface area (Å²) >= 11 is 11.3. The third-order valence-corrected chi connectivity index (χ3v) is 2.33. The number of halogens is 2. The highest BCUT2D eigenvalue weighted by Gasteiger charge is 2.10. The van der Waals surface area contributed by atoms with Crippen LogP contribution < -0.4 is 11.3 Å². The van der Waals surface area contributed by atoms with Gasteiger partial charge in [0.05, 0.1) is 0 Å². The minimum absolute atomic E-state index is 0.0269. The zero-order chi connectivity index (χ0) is 10.0. The molecule has 0 aliphatic heterocycles. The Balaban J connectivity index is 3.33. The van der Waals surface area contributed by atoms with Gasteiger partial charge in [-0.1, -0.05) is 30.1 Å². The molecule has 6 heteroatoms. The van der Waals surface area contributed by atoms with E-state index in [-0.39, 0.29) is 15.9 Å². The van der Waals surface area contributed by atoms with Crippen molar-refractivity contribution >= 4 is 29.0 Å². The zero-order valence-corrected chi connectivity index (χ0v) is 8.56. The van der Waals surface area contributed by atoms with Crippen LogP contribution in [0.3, 0.4) is 0 Å². The summed E-state index contributed by atoms with van der Waals surface area (Å²) in [6.45, 7) is 2.41. The summed E-state index contributed by atoms with van der Waals surface area (Å²) in [5.74, 6) is 0.0831. The van der Waals surface area contributed by atoms with Gasteiger partial charge in [0.25, 0.3) is 5.56 Å². The number of aryl methyl sites for hydroxylation is 1. The first-order valence-electron chi connectivity index (χ1n) is 3.79. The summed E-state index contributed by atoms with van der Waals surface area (Å²) in [5.41, 5.74) is 5.03. The van der Waals surface area contributed by atoms with Crippen molar-refractivity contribution in [3.05, 3.63) is 20.4 Å². The van der Waals surface area contributed by atoms with Crippen molar-refractivity contribution in [3.63, 3.8) is 0 Å². The number of nitrogen functional groups attached to an aromatic ring is 1. The molecule has 0 amide bonds. The average Bonchev–Trinajstić information content (AvgIpc) is 2.11. The number of nitrogens with two attached hydrogens (primary N) is 1. The van der Waals surface area contributed by atoms with Gasteiger partial charge in [0.1, 0.15) is 10.0 Å². The molecule has 0 spiro atoms. The van der Waals surface area contributed by atoms with Crippen LogP contribution in [0.4, 0.5) is 5.82 Å². The third kappa shape index (κ3) is 1.95. The number of nitrogens with zero attached hydrogens (tertiary/aromatic N) is 2. The van der Waals surface area contributed by atoms with Gasteiger partial charge in [0, 0.05) is 6.54 Å². The Morgan fingerprint density at radius 3 is 2.62 bits per heavy atom. The number of rotatable bonds is 2. The minimum atomic E-state index is -0.400. The monoisotopic (exact) mass is 221 g/mol. The van der Waals surface area contributed by atoms with Crippen molar-refractivity contribution in [2.24, 2.45) is 0 Å². The molecular formula is C7H9Cl2N3O. The molecule has 0 saturated carbocycles. The molecule has 0 bridgehead atoms. The molecule has 1 rings (SSSR count). The number of hydrogen-bond donors (Lipinski definition) is 1. The van der Waals surface area contributed by atoms with Crippen LogP contribution >= 0.6 is 23.2 Å². The van der Waals surface area contributed by atoms with E-state index >= 15 is 0 Å². The number of anilines is 1. The summed E-state index contributed by atoms with van der Waals surface area (Å²) in [4.78, 5) is 11.4. The van der Waals surface area contributed by atoms with Crippen molar-refractivity contribution in [1.29, 1.82) is 0 Å². The summed E-state index contributed by atoms with van der Waals surface area (Å²) in [5, 5.41) is 3.75. The van der Waals surface area contributed by atoms with Crippen LogP contribution in [0.1, 0.15) is 13.3 Å². The van der Waals surface area contributed by atoms with E-state index in [1.54, 1.807) is 0 Å². The Morgan fingerprint density at radius 1 is 1.46 bits per heavy atom. The molecule has 72 valence electrons. The Bertz CT molecular complexity index is 375. The van der Waals surface area contributed by atoms with Gasteiger partial charge in [-0.3, -0.25) is 4.79 Å². The molecule has 1 aromatic heterocycles. The highest BCUT2D eigenvalue weighted by atomic mass is 35.5. The number of hydrogen-bond acceptors (Lipinski definition) is 3. The Hall–Kier alpha value is -0.740. The van der Waals surface area contributed by atoms with Gasteiger partial charge in [-0.25, -0.2) is 4.68 Å². The van der Waals surface area contributed by atoms with Crippen LogP contribution in [0.5, 0.6) is 0 Å². The highest BCUT2D eigenvalue weighted by molar-refractivity contribution is 6.43. The first kappa shape index (κ1) is 10.3. The van der Waals surface area contributed by atoms with Crippen LogP contribution in [-0.2, 0) is 6.54 Å². The van der Waals surface area contributed by atoms with Crippen molar-refractivity contribution < 1.29 is 0 Å². The Kier molecular flexibility index (Phi) is 3.17. The minimum Gasteiger partial charge on any atom is -0.381 e. The molecule has 0 aliphatic rings. The molecule has 1 aromatic rings. The van der Waals surface area contributed by atoms with E-state index in [0.717, 1.165) is 6.42 Å². The summed E-state index contributed by atoms with van der Waals surface area (Å²) < 4.78 is 1.21. The zero-order valence-electron chi connectivity index (χ0n) is 7.05. The SMILES string of the molecule is CCCn1nc(N)c(Cl)c(Cl)c1=O.